The van der Waals surface area contributed by atoms with E-state index in [4.69, 9.17) is 9.84 Å². The highest BCUT2D eigenvalue weighted by Gasteiger charge is 2.47. The van der Waals surface area contributed by atoms with Gasteiger partial charge in [-0.05, 0) is 45.4 Å². The minimum Gasteiger partial charge on any atom is -0.481 e. The first-order valence-electron chi connectivity index (χ1n) is 6.48. The molecule has 18 heavy (non-hydrogen) atoms. The van der Waals surface area contributed by atoms with Crippen molar-refractivity contribution in [2.75, 3.05) is 13.1 Å². The van der Waals surface area contributed by atoms with Crippen LogP contribution < -0.4 is 0 Å². The summed E-state index contributed by atoms with van der Waals surface area (Å²) < 4.78 is 5.32. The molecule has 0 radical (unpaired) electrons. The van der Waals surface area contributed by atoms with Gasteiger partial charge in [0.2, 0.25) is 0 Å². The highest BCUT2D eigenvalue weighted by molar-refractivity contribution is 5.72. The van der Waals surface area contributed by atoms with Crippen LogP contribution in [0.4, 0.5) is 4.79 Å². The van der Waals surface area contributed by atoms with Gasteiger partial charge in [0.25, 0.3) is 0 Å². The van der Waals surface area contributed by atoms with Crippen LogP contribution in [0.25, 0.3) is 0 Å². The molecule has 0 spiro atoms. The second-order valence-electron chi connectivity index (χ2n) is 6.33. The van der Waals surface area contributed by atoms with Gasteiger partial charge in [-0.1, -0.05) is 0 Å². The molecule has 0 aromatic heterocycles. The first-order valence-corrected chi connectivity index (χ1v) is 6.48. The summed E-state index contributed by atoms with van der Waals surface area (Å²) >= 11 is 0. The lowest BCUT2D eigenvalue weighted by atomic mass is 9.93. The van der Waals surface area contributed by atoms with Gasteiger partial charge in [0.1, 0.15) is 5.60 Å². The Morgan fingerprint density at radius 3 is 2.44 bits per heavy atom. The zero-order chi connectivity index (χ0) is 13.5. The van der Waals surface area contributed by atoms with Crippen molar-refractivity contribution < 1.29 is 19.4 Å². The molecule has 1 amide bonds. The first kappa shape index (κ1) is 13.2. The predicted octanol–water partition coefficient (Wildman–Crippen LogP) is 1.96. The Kier molecular flexibility index (Phi) is 3.25. The molecule has 0 bridgehead atoms. The maximum atomic E-state index is 11.9. The summed E-state index contributed by atoms with van der Waals surface area (Å²) in [6, 6.07) is 0. The number of nitrogens with zero attached hydrogens (tertiary/aromatic N) is 1. The van der Waals surface area contributed by atoms with Gasteiger partial charge in [0.05, 0.1) is 5.92 Å². The van der Waals surface area contributed by atoms with Gasteiger partial charge in [-0.2, -0.15) is 0 Å². The molecule has 0 unspecified atom stereocenters. The van der Waals surface area contributed by atoms with Crippen molar-refractivity contribution in [3.05, 3.63) is 0 Å². The molecule has 0 aromatic rings. The van der Waals surface area contributed by atoms with E-state index in [1.54, 1.807) is 4.90 Å². The number of carboxylic acid groups (broad SMARTS) is 1. The largest absolute Gasteiger partial charge is 0.481 e. The van der Waals surface area contributed by atoms with E-state index in [1.807, 2.05) is 20.8 Å². The lowest BCUT2D eigenvalue weighted by molar-refractivity contribution is -0.143. The van der Waals surface area contributed by atoms with E-state index in [0.717, 1.165) is 12.8 Å². The Morgan fingerprint density at radius 1 is 1.22 bits per heavy atom. The molecule has 2 fully saturated rings. The van der Waals surface area contributed by atoms with Crippen LogP contribution in [-0.2, 0) is 9.53 Å². The molecule has 102 valence electrons. The van der Waals surface area contributed by atoms with Crippen molar-refractivity contribution in [1.29, 1.82) is 0 Å². The van der Waals surface area contributed by atoms with Gasteiger partial charge in [-0.25, -0.2) is 4.79 Å². The van der Waals surface area contributed by atoms with E-state index in [1.165, 1.54) is 0 Å². The van der Waals surface area contributed by atoms with Crippen molar-refractivity contribution >= 4 is 12.1 Å². The molecule has 2 rings (SSSR count). The van der Waals surface area contributed by atoms with E-state index in [0.29, 0.717) is 19.0 Å². The van der Waals surface area contributed by atoms with Gasteiger partial charge < -0.3 is 14.7 Å². The number of rotatable bonds is 1. The normalized spacial score (nSPS) is 31.3. The van der Waals surface area contributed by atoms with Gasteiger partial charge in [-0.3, -0.25) is 4.79 Å². The molecule has 1 saturated heterocycles. The molecule has 3 atom stereocenters. The number of carbonyl (C=O) groups excluding carboxylic acids is 1. The van der Waals surface area contributed by atoms with Crippen LogP contribution >= 0.6 is 0 Å². The summed E-state index contributed by atoms with van der Waals surface area (Å²) in [7, 11) is 0. The van der Waals surface area contributed by atoms with E-state index >= 15 is 0 Å². The highest BCUT2D eigenvalue weighted by Crippen LogP contribution is 2.42. The third kappa shape index (κ3) is 2.60. The number of hydrogen-bond donors (Lipinski definition) is 1. The van der Waals surface area contributed by atoms with Crippen LogP contribution in [0.2, 0.25) is 0 Å². The summed E-state index contributed by atoms with van der Waals surface area (Å²) in [5, 5.41) is 9.14. The molecule has 1 aliphatic heterocycles. The topological polar surface area (TPSA) is 66.8 Å². The van der Waals surface area contributed by atoms with Gasteiger partial charge in [0, 0.05) is 13.1 Å². The standard InChI is InChI=1S/C13H21NO4/c1-13(2,3)18-12(17)14-6-8-4-5-9(11(15)16)10(8)7-14/h8-10H,4-7H2,1-3H3,(H,15,16)/t8-,9-,10-/m1/s1. The Hall–Kier alpha value is -1.26. The molecule has 5 heteroatoms. The minimum absolute atomic E-state index is 0.106. The Balaban J connectivity index is 1.97. The second kappa shape index (κ2) is 4.44. The number of aliphatic carboxylic acids is 1. The van der Waals surface area contributed by atoms with Crippen LogP contribution in [0.5, 0.6) is 0 Å². The molecular formula is C13H21NO4. The quantitative estimate of drug-likeness (QED) is 0.777. The number of ether oxygens (including phenoxy) is 1. The Morgan fingerprint density at radius 2 is 1.89 bits per heavy atom. The van der Waals surface area contributed by atoms with E-state index < -0.39 is 11.6 Å². The minimum atomic E-state index is -0.728. The van der Waals surface area contributed by atoms with Crippen molar-refractivity contribution in [3.8, 4) is 0 Å². The SMILES string of the molecule is CC(C)(C)OC(=O)N1C[C@H]2CC[C@@H](C(=O)O)[C@@H]2C1. The molecule has 1 heterocycles. The molecule has 1 aliphatic carbocycles. The third-order valence-corrected chi connectivity index (χ3v) is 3.83. The van der Waals surface area contributed by atoms with Gasteiger partial charge in [-0.15, -0.1) is 0 Å². The number of fused-ring (bicyclic) bond motifs is 1. The monoisotopic (exact) mass is 255 g/mol. The Bertz CT molecular complexity index is 360. The number of carbonyl (C=O) groups is 2. The average Bonchev–Trinajstić information content (AvgIpc) is 2.70. The maximum Gasteiger partial charge on any atom is 0.410 e. The summed E-state index contributed by atoms with van der Waals surface area (Å²) in [4.78, 5) is 24.7. The van der Waals surface area contributed by atoms with Crippen molar-refractivity contribution in [2.24, 2.45) is 17.8 Å². The van der Waals surface area contributed by atoms with E-state index in [9.17, 15) is 9.59 Å². The third-order valence-electron chi connectivity index (χ3n) is 3.83. The summed E-state index contributed by atoms with van der Waals surface area (Å²) in [6.07, 6.45) is 1.33. The van der Waals surface area contributed by atoms with Crippen molar-refractivity contribution in [1.82, 2.24) is 4.90 Å². The first-order chi connectivity index (χ1) is 8.28. The lowest BCUT2D eigenvalue weighted by Crippen LogP contribution is -2.36. The molecule has 5 nitrogen and oxygen atoms in total. The Labute approximate surface area is 107 Å². The summed E-state index contributed by atoms with van der Waals surface area (Å²) in [6.45, 7) is 6.67. The number of carboxylic acids is 1. The van der Waals surface area contributed by atoms with E-state index in [-0.39, 0.29) is 17.9 Å². The summed E-state index contributed by atoms with van der Waals surface area (Å²) in [5.74, 6) is -0.579. The van der Waals surface area contributed by atoms with Crippen LogP contribution in [0, 0.1) is 17.8 Å². The van der Waals surface area contributed by atoms with Gasteiger partial charge >= 0.3 is 12.1 Å². The maximum absolute atomic E-state index is 11.9. The molecule has 1 N–H and O–H groups in total. The van der Waals surface area contributed by atoms with Crippen LogP contribution in [0.15, 0.2) is 0 Å². The number of amides is 1. The predicted molar refractivity (Wildman–Crippen MR) is 65.1 cm³/mol. The smallest absolute Gasteiger partial charge is 0.410 e. The number of hydrogen-bond acceptors (Lipinski definition) is 3. The molecular weight excluding hydrogens is 234 g/mol. The van der Waals surface area contributed by atoms with Crippen molar-refractivity contribution in [3.63, 3.8) is 0 Å². The van der Waals surface area contributed by atoms with Crippen LogP contribution in [0.3, 0.4) is 0 Å². The molecule has 2 aliphatic rings. The fourth-order valence-electron chi connectivity index (χ4n) is 3.05. The molecule has 1 saturated carbocycles. The zero-order valence-electron chi connectivity index (χ0n) is 11.2. The van der Waals surface area contributed by atoms with Gasteiger partial charge in [0.15, 0.2) is 0 Å². The van der Waals surface area contributed by atoms with Crippen molar-refractivity contribution in [2.45, 2.75) is 39.2 Å². The molecule has 0 aromatic carbocycles. The number of likely N-dealkylation sites (tertiary alicyclic amines) is 1. The average molecular weight is 255 g/mol. The fraction of sp³-hybridized carbons (Fsp3) is 0.846. The second-order valence-corrected chi connectivity index (χ2v) is 6.33. The van der Waals surface area contributed by atoms with Crippen LogP contribution in [0.1, 0.15) is 33.6 Å². The van der Waals surface area contributed by atoms with E-state index in [2.05, 4.69) is 0 Å². The highest BCUT2D eigenvalue weighted by atomic mass is 16.6. The lowest BCUT2D eigenvalue weighted by Gasteiger charge is -2.25. The zero-order valence-corrected chi connectivity index (χ0v) is 11.2. The fourth-order valence-corrected chi connectivity index (χ4v) is 3.05. The summed E-state index contributed by atoms with van der Waals surface area (Å²) in [5.41, 5.74) is -0.499. The van der Waals surface area contributed by atoms with Crippen LogP contribution in [-0.4, -0.2) is 40.8 Å².